The van der Waals surface area contributed by atoms with Crippen LogP contribution in [-0.2, 0) is 13.6 Å². The SMILES string of the molecule is CCC1(C)C(C)OP(=O)(F)OC1C. The van der Waals surface area contributed by atoms with Gasteiger partial charge < -0.3 is 0 Å². The quantitative estimate of drug-likeness (QED) is 0.623. The van der Waals surface area contributed by atoms with E-state index in [0.29, 0.717) is 0 Å². The molecule has 5 heteroatoms. The van der Waals surface area contributed by atoms with E-state index in [1.807, 2.05) is 13.8 Å². The van der Waals surface area contributed by atoms with Crippen molar-refractivity contribution in [1.29, 1.82) is 0 Å². The summed E-state index contributed by atoms with van der Waals surface area (Å²) in [6, 6.07) is 0. The molecular formula is C8H16FO3P. The molecule has 13 heavy (non-hydrogen) atoms. The van der Waals surface area contributed by atoms with Gasteiger partial charge in [-0.3, -0.25) is 9.05 Å². The van der Waals surface area contributed by atoms with Gasteiger partial charge in [-0.05, 0) is 20.3 Å². The Labute approximate surface area is 78.3 Å². The Morgan fingerprint density at radius 3 is 2.08 bits per heavy atom. The summed E-state index contributed by atoms with van der Waals surface area (Å²) in [5, 5.41) is 0. The van der Waals surface area contributed by atoms with E-state index in [2.05, 4.69) is 0 Å². The molecule has 0 bridgehead atoms. The number of rotatable bonds is 1. The van der Waals surface area contributed by atoms with E-state index in [-0.39, 0.29) is 17.6 Å². The van der Waals surface area contributed by atoms with Crippen molar-refractivity contribution in [1.82, 2.24) is 0 Å². The van der Waals surface area contributed by atoms with Crippen molar-refractivity contribution in [3.8, 4) is 0 Å². The molecule has 0 aromatic heterocycles. The lowest BCUT2D eigenvalue weighted by Crippen LogP contribution is -2.44. The monoisotopic (exact) mass is 210 g/mol. The molecule has 1 heterocycles. The van der Waals surface area contributed by atoms with Gasteiger partial charge >= 0.3 is 7.91 Å². The van der Waals surface area contributed by atoms with Crippen LogP contribution in [0.1, 0.15) is 34.1 Å². The Kier molecular flexibility index (Phi) is 2.86. The van der Waals surface area contributed by atoms with E-state index in [0.717, 1.165) is 6.42 Å². The van der Waals surface area contributed by atoms with Crippen LogP contribution in [0.4, 0.5) is 4.20 Å². The molecule has 0 N–H and O–H groups in total. The first-order valence-electron chi connectivity index (χ1n) is 4.48. The molecule has 0 saturated carbocycles. The summed E-state index contributed by atoms with van der Waals surface area (Å²) in [5.41, 5.74) is -0.264. The third kappa shape index (κ3) is 1.95. The minimum atomic E-state index is -4.29. The van der Waals surface area contributed by atoms with Crippen molar-refractivity contribution in [2.24, 2.45) is 5.41 Å². The molecular weight excluding hydrogens is 194 g/mol. The summed E-state index contributed by atoms with van der Waals surface area (Å²) in [6.07, 6.45) is 0.0455. The minimum Gasteiger partial charge on any atom is -0.280 e. The molecule has 0 radical (unpaired) electrons. The summed E-state index contributed by atoms with van der Waals surface area (Å²) < 4.78 is 33.3. The van der Waals surface area contributed by atoms with Crippen LogP contribution in [0.2, 0.25) is 0 Å². The Balaban J connectivity index is 2.88. The molecule has 2 atom stereocenters. The first kappa shape index (κ1) is 11.2. The Bertz CT molecular complexity index is 228. The summed E-state index contributed by atoms with van der Waals surface area (Å²) in [5.74, 6) is 0. The summed E-state index contributed by atoms with van der Waals surface area (Å²) in [4.78, 5) is 0. The van der Waals surface area contributed by atoms with E-state index >= 15 is 0 Å². The second-order valence-corrected chi connectivity index (χ2v) is 5.07. The Hall–Kier alpha value is 0.0800. The highest BCUT2D eigenvalue weighted by molar-refractivity contribution is 7.48. The van der Waals surface area contributed by atoms with Crippen LogP contribution >= 0.6 is 7.91 Å². The van der Waals surface area contributed by atoms with Crippen LogP contribution < -0.4 is 0 Å². The summed E-state index contributed by atoms with van der Waals surface area (Å²) >= 11 is 0. The van der Waals surface area contributed by atoms with Gasteiger partial charge in [-0.1, -0.05) is 13.8 Å². The Morgan fingerprint density at radius 2 is 1.77 bits per heavy atom. The Morgan fingerprint density at radius 1 is 1.38 bits per heavy atom. The highest BCUT2D eigenvalue weighted by Gasteiger charge is 2.49. The predicted molar refractivity (Wildman–Crippen MR) is 48.2 cm³/mol. The summed E-state index contributed by atoms with van der Waals surface area (Å²) in [6.45, 7) is 7.39. The van der Waals surface area contributed by atoms with E-state index in [4.69, 9.17) is 9.05 Å². The average Bonchev–Trinajstić information content (AvgIpc) is 1.98. The molecule has 1 rings (SSSR count). The number of halogens is 1. The van der Waals surface area contributed by atoms with Gasteiger partial charge in [0.05, 0.1) is 12.2 Å². The van der Waals surface area contributed by atoms with E-state index in [9.17, 15) is 8.76 Å². The van der Waals surface area contributed by atoms with Crippen molar-refractivity contribution < 1.29 is 17.8 Å². The summed E-state index contributed by atoms with van der Waals surface area (Å²) in [7, 11) is -4.29. The number of hydrogen-bond acceptors (Lipinski definition) is 3. The molecule has 1 fully saturated rings. The maximum absolute atomic E-state index is 13.0. The van der Waals surface area contributed by atoms with Gasteiger partial charge in [0.15, 0.2) is 0 Å². The zero-order valence-electron chi connectivity index (χ0n) is 8.41. The molecule has 1 aliphatic rings. The number of hydrogen-bond donors (Lipinski definition) is 0. The van der Waals surface area contributed by atoms with Crippen LogP contribution in [0, 0.1) is 5.41 Å². The fraction of sp³-hybridized carbons (Fsp3) is 1.00. The highest BCUT2D eigenvalue weighted by Crippen LogP contribution is 2.60. The topological polar surface area (TPSA) is 35.5 Å². The van der Waals surface area contributed by atoms with E-state index in [1.165, 1.54) is 0 Å². The van der Waals surface area contributed by atoms with E-state index < -0.39 is 7.91 Å². The highest BCUT2D eigenvalue weighted by atomic mass is 31.2. The van der Waals surface area contributed by atoms with Gasteiger partial charge in [-0.15, -0.1) is 4.20 Å². The zero-order valence-corrected chi connectivity index (χ0v) is 9.31. The van der Waals surface area contributed by atoms with Gasteiger partial charge in [0.25, 0.3) is 0 Å². The van der Waals surface area contributed by atoms with Crippen molar-refractivity contribution in [2.75, 3.05) is 0 Å². The van der Waals surface area contributed by atoms with Crippen LogP contribution in [0.15, 0.2) is 0 Å². The average molecular weight is 210 g/mol. The van der Waals surface area contributed by atoms with Crippen LogP contribution in [0.3, 0.4) is 0 Å². The fourth-order valence-corrected chi connectivity index (χ4v) is 2.84. The van der Waals surface area contributed by atoms with Gasteiger partial charge in [0.2, 0.25) is 0 Å². The lowest BCUT2D eigenvalue weighted by molar-refractivity contribution is -0.0836. The zero-order chi connectivity index (χ0) is 10.3. The molecule has 0 aromatic rings. The van der Waals surface area contributed by atoms with Crippen LogP contribution in [0.5, 0.6) is 0 Å². The molecule has 0 amide bonds. The largest absolute Gasteiger partial charge is 0.513 e. The molecule has 0 aliphatic carbocycles. The molecule has 0 spiro atoms. The van der Waals surface area contributed by atoms with Gasteiger partial charge in [0.1, 0.15) is 0 Å². The second-order valence-electron chi connectivity index (χ2n) is 3.79. The molecule has 3 nitrogen and oxygen atoms in total. The maximum Gasteiger partial charge on any atom is 0.513 e. The molecule has 1 saturated heterocycles. The third-order valence-corrected chi connectivity index (χ3v) is 4.32. The van der Waals surface area contributed by atoms with Crippen molar-refractivity contribution >= 4 is 7.91 Å². The maximum atomic E-state index is 13.0. The third-order valence-electron chi connectivity index (χ3n) is 3.19. The normalized spacial score (nSPS) is 52.1. The second kappa shape index (κ2) is 3.34. The lowest BCUT2D eigenvalue weighted by Gasteiger charge is -2.43. The first-order chi connectivity index (χ1) is 5.82. The standard InChI is InChI=1S/C8H16FO3P/c1-5-8(4)6(2)11-13(9,10)12-7(8)3/h6-7H,5H2,1-4H3. The molecule has 0 aromatic carbocycles. The van der Waals surface area contributed by atoms with Gasteiger partial charge in [-0.25, -0.2) is 4.57 Å². The van der Waals surface area contributed by atoms with Crippen molar-refractivity contribution in [3.05, 3.63) is 0 Å². The van der Waals surface area contributed by atoms with Gasteiger partial charge in [0, 0.05) is 5.41 Å². The molecule has 2 unspecified atom stereocenters. The predicted octanol–water partition coefficient (Wildman–Crippen LogP) is 3.30. The van der Waals surface area contributed by atoms with Crippen molar-refractivity contribution in [3.63, 3.8) is 0 Å². The fourth-order valence-electron chi connectivity index (χ4n) is 1.55. The van der Waals surface area contributed by atoms with Crippen LogP contribution in [0.25, 0.3) is 0 Å². The molecule has 78 valence electrons. The first-order valence-corrected chi connectivity index (χ1v) is 5.91. The van der Waals surface area contributed by atoms with Crippen LogP contribution in [-0.4, -0.2) is 12.2 Å². The van der Waals surface area contributed by atoms with Crippen molar-refractivity contribution in [2.45, 2.75) is 46.3 Å². The lowest BCUT2D eigenvalue weighted by atomic mass is 9.78. The smallest absolute Gasteiger partial charge is 0.280 e. The van der Waals surface area contributed by atoms with E-state index in [1.54, 1.807) is 13.8 Å². The van der Waals surface area contributed by atoms with Gasteiger partial charge in [-0.2, -0.15) is 0 Å². The molecule has 1 aliphatic heterocycles. The minimum absolute atomic E-state index is 0.264.